The van der Waals surface area contributed by atoms with Gasteiger partial charge in [-0.05, 0) is 48.7 Å². The molecule has 0 aliphatic carbocycles. The van der Waals surface area contributed by atoms with E-state index in [-0.39, 0.29) is 29.4 Å². The molecule has 0 spiro atoms. The molecule has 1 saturated heterocycles. The maximum Gasteiger partial charge on any atom is 0.416 e. The van der Waals surface area contributed by atoms with Gasteiger partial charge in [0.15, 0.2) is 0 Å². The highest BCUT2D eigenvalue weighted by molar-refractivity contribution is 5.85. The predicted octanol–water partition coefficient (Wildman–Crippen LogP) is 3.67. The average molecular weight is 401 g/mol. The van der Waals surface area contributed by atoms with Gasteiger partial charge in [0.25, 0.3) is 5.56 Å². The summed E-state index contributed by atoms with van der Waals surface area (Å²) >= 11 is 0. The zero-order valence-corrected chi connectivity index (χ0v) is 15.5. The summed E-state index contributed by atoms with van der Waals surface area (Å²) in [6, 6.07) is 6.59. The molecule has 2 aliphatic heterocycles. The van der Waals surface area contributed by atoms with Crippen molar-refractivity contribution >= 4 is 12.4 Å². The van der Waals surface area contributed by atoms with Crippen LogP contribution in [-0.2, 0) is 12.7 Å². The molecule has 2 atom stereocenters. The summed E-state index contributed by atoms with van der Waals surface area (Å²) in [6.45, 7) is 2.32. The summed E-state index contributed by atoms with van der Waals surface area (Å²) in [4.78, 5) is 12.7. The smallest absolute Gasteiger partial charge is 0.416 e. The molecule has 3 heterocycles. The summed E-state index contributed by atoms with van der Waals surface area (Å²) in [5.74, 6) is 0.942. The second-order valence-electron chi connectivity index (χ2n) is 6.99. The molecule has 0 amide bonds. The minimum Gasteiger partial charge on any atom is -0.496 e. The molecular formula is C19H20ClF3N2O2. The second-order valence-corrected chi connectivity index (χ2v) is 6.99. The summed E-state index contributed by atoms with van der Waals surface area (Å²) in [6.07, 6.45) is -3.46. The number of alkyl halides is 3. The fourth-order valence-electron chi connectivity index (χ4n) is 4.07. The van der Waals surface area contributed by atoms with Crippen LogP contribution in [0.3, 0.4) is 0 Å². The number of hydrogen-bond donors (Lipinski definition) is 1. The zero-order chi connectivity index (χ0) is 18.5. The van der Waals surface area contributed by atoms with E-state index >= 15 is 0 Å². The number of hydrogen-bond acceptors (Lipinski definition) is 3. The van der Waals surface area contributed by atoms with Crippen LogP contribution in [0.1, 0.15) is 23.6 Å². The lowest BCUT2D eigenvalue weighted by Crippen LogP contribution is -2.44. The van der Waals surface area contributed by atoms with Crippen molar-refractivity contribution in [3.05, 3.63) is 51.9 Å². The monoisotopic (exact) mass is 400 g/mol. The van der Waals surface area contributed by atoms with E-state index in [0.29, 0.717) is 23.8 Å². The number of aromatic nitrogens is 1. The van der Waals surface area contributed by atoms with Crippen LogP contribution in [0.25, 0.3) is 11.1 Å². The number of piperidine rings is 1. The number of halogens is 4. The van der Waals surface area contributed by atoms with Gasteiger partial charge in [0, 0.05) is 36.3 Å². The first-order valence-electron chi connectivity index (χ1n) is 8.58. The first-order valence-corrected chi connectivity index (χ1v) is 8.58. The molecule has 1 aromatic heterocycles. The normalized spacial score (nSPS) is 21.2. The van der Waals surface area contributed by atoms with Crippen LogP contribution < -0.4 is 15.6 Å². The van der Waals surface area contributed by atoms with Gasteiger partial charge < -0.3 is 14.6 Å². The van der Waals surface area contributed by atoms with Gasteiger partial charge in [0.2, 0.25) is 0 Å². The summed E-state index contributed by atoms with van der Waals surface area (Å²) in [5.41, 5.74) is 0.705. The highest BCUT2D eigenvalue weighted by atomic mass is 35.5. The van der Waals surface area contributed by atoms with Crippen molar-refractivity contribution in [2.24, 2.45) is 5.92 Å². The molecule has 146 valence electrons. The van der Waals surface area contributed by atoms with Crippen molar-refractivity contribution in [1.29, 1.82) is 0 Å². The van der Waals surface area contributed by atoms with E-state index < -0.39 is 11.7 Å². The van der Waals surface area contributed by atoms with E-state index in [1.807, 2.05) is 6.07 Å². The molecule has 4 nitrogen and oxygen atoms in total. The average Bonchev–Trinajstić information content (AvgIpc) is 2.61. The molecule has 8 heteroatoms. The summed E-state index contributed by atoms with van der Waals surface area (Å²) in [7, 11) is 1.41. The lowest BCUT2D eigenvalue weighted by atomic mass is 9.83. The minimum atomic E-state index is -4.45. The largest absolute Gasteiger partial charge is 0.496 e. The maximum absolute atomic E-state index is 13.1. The molecule has 4 rings (SSSR count). The van der Waals surface area contributed by atoms with Crippen LogP contribution in [0.2, 0.25) is 0 Å². The Kier molecular flexibility index (Phi) is 5.27. The van der Waals surface area contributed by atoms with Crippen molar-refractivity contribution in [3.8, 4) is 16.9 Å². The van der Waals surface area contributed by atoms with Crippen LogP contribution in [0, 0.1) is 5.92 Å². The van der Waals surface area contributed by atoms with E-state index in [2.05, 4.69) is 5.32 Å². The highest BCUT2D eigenvalue weighted by Gasteiger charge is 2.33. The van der Waals surface area contributed by atoms with Gasteiger partial charge in [-0.2, -0.15) is 13.2 Å². The number of nitrogens with zero attached hydrogens (tertiary/aromatic N) is 1. The van der Waals surface area contributed by atoms with Crippen molar-refractivity contribution < 1.29 is 17.9 Å². The van der Waals surface area contributed by atoms with Crippen molar-refractivity contribution in [1.82, 2.24) is 9.88 Å². The lowest BCUT2D eigenvalue weighted by Gasteiger charge is -2.37. The Morgan fingerprint density at radius 1 is 1.19 bits per heavy atom. The minimum absolute atomic E-state index is 0. The van der Waals surface area contributed by atoms with Gasteiger partial charge in [-0.25, -0.2) is 0 Å². The van der Waals surface area contributed by atoms with E-state index in [1.54, 1.807) is 4.57 Å². The number of rotatable bonds is 2. The van der Waals surface area contributed by atoms with Crippen LogP contribution >= 0.6 is 12.4 Å². The number of methoxy groups -OCH3 is 1. The third-order valence-corrected chi connectivity index (χ3v) is 5.30. The van der Waals surface area contributed by atoms with E-state index in [9.17, 15) is 18.0 Å². The number of ether oxygens (including phenoxy) is 1. The molecule has 1 N–H and O–H groups in total. The Bertz CT molecular complexity index is 911. The molecular weight excluding hydrogens is 381 g/mol. The van der Waals surface area contributed by atoms with Crippen LogP contribution in [0.15, 0.2) is 35.1 Å². The highest BCUT2D eigenvalue weighted by Crippen LogP contribution is 2.39. The van der Waals surface area contributed by atoms with Gasteiger partial charge in [-0.15, -0.1) is 12.4 Å². The zero-order valence-electron chi connectivity index (χ0n) is 14.7. The predicted molar refractivity (Wildman–Crippen MR) is 98.7 cm³/mol. The van der Waals surface area contributed by atoms with Gasteiger partial charge in [-0.3, -0.25) is 4.79 Å². The third kappa shape index (κ3) is 3.58. The van der Waals surface area contributed by atoms with Gasteiger partial charge >= 0.3 is 6.18 Å². The second kappa shape index (κ2) is 7.20. The topological polar surface area (TPSA) is 43.3 Å². The number of nitrogens with one attached hydrogen (secondary N) is 1. The first-order chi connectivity index (χ1) is 12.4. The van der Waals surface area contributed by atoms with E-state index in [0.717, 1.165) is 37.3 Å². The molecule has 0 radical (unpaired) electrons. The number of benzene rings is 1. The Hall–Kier alpha value is -1.99. The van der Waals surface area contributed by atoms with Crippen molar-refractivity contribution in [2.75, 3.05) is 20.2 Å². The Balaban J connectivity index is 0.00000210. The number of pyridine rings is 1. The van der Waals surface area contributed by atoms with Crippen molar-refractivity contribution in [2.45, 2.75) is 25.1 Å². The van der Waals surface area contributed by atoms with Gasteiger partial charge in [-0.1, -0.05) is 0 Å². The Morgan fingerprint density at radius 2 is 1.96 bits per heavy atom. The lowest BCUT2D eigenvalue weighted by molar-refractivity contribution is -0.137. The molecule has 1 aromatic carbocycles. The van der Waals surface area contributed by atoms with Crippen LogP contribution in [0.5, 0.6) is 5.75 Å². The maximum atomic E-state index is 13.1. The van der Waals surface area contributed by atoms with Crippen LogP contribution in [-0.4, -0.2) is 24.8 Å². The molecule has 2 aromatic rings. The van der Waals surface area contributed by atoms with Gasteiger partial charge in [0.1, 0.15) is 5.75 Å². The van der Waals surface area contributed by atoms with E-state index in [4.69, 9.17) is 4.74 Å². The fraction of sp³-hybridized carbons (Fsp3) is 0.421. The fourth-order valence-corrected chi connectivity index (χ4v) is 4.07. The number of fused-ring (bicyclic) bond motifs is 4. The molecule has 2 aliphatic rings. The van der Waals surface area contributed by atoms with Crippen LogP contribution in [0.4, 0.5) is 13.2 Å². The first kappa shape index (κ1) is 19.8. The van der Waals surface area contributed by atoms with E-state index in [1.165, 1.54) is 19.2 Å². The summed E-state index contributed by atoms with van der Waals surface area (Å²) in [5, 5.41) is 3.37. The Morgan fingerprint density at radius 3 is 2.67 bits per heavy atom. The third-order valence-electron chi connectivity index (χ3n) is 5.30. The standard InChI is InChI=1S/C19H19F3N2O2.ClH/c1-26-17-3-2-14(19(20,21)22)7-15(17)12-5-16-13-4-11(8-23-9-13)10-24(16)18(25)6-12;/h2-3,5-7,11,13,23H,4,8-10H2,1H3;1H/t11-,13+;/m0./s1. The molecule has 2 bridgehead atoms. The van der Waals surface area contributed by atoms with Crippen molar-refractivity contribution in [3.63, 3.8) is 0 Å². The Labute approximate surface area is 160 Å². The SMILES string of the molecule is COc1ccc(C(F)(F)F)cc1-c1cc2n(c(=O)c1)C[C@@H]1CNC[C@H]2C1.Cl. The molecule has 27 heavy (non-hydrogen) atoms. The molecule has 1 fully saturated rings. The quantitative estimate of drug-likeness (QED) is 0.836. The van der Waals surface area contributed by atoms with Gasteiger partial charge in [0.05, 0.1) is 12.7 Å². The molecule has 0 saturated carbocycles. The summed E-state index contributed by atoms with van der Waals surface area (Å²) < 4.78 is 46.4. The molecule has 0 unspecified atom stereocenters.